The topological polar surface area (TPSA) is 63.7 Å². The van der Waals surface area contributed by atoms with Crippen molar-refractivity contribution < 1.29 is 9.18 Å². The van der Waals surface area contributed by atoms with E-state index < -0.39 is 0 Å². The van der Waals surface area contributed by atoms with Gasteiger partial charge in [-0.15, -0.1) is 0 Å². The number of anilines is 1. The first kappa shape index (κ1) is 30.3. The Morgan fingerprint density at radius 2 is 1.83 bits per heavy atom. The molecule has 7 nitrogen and oxygen atoms in total. The molecule has 41 heavy (non-hydrogen) atoms. The van der Waals surface area contributed by atoms with Crippen LogP contribution in [0.2, 0.25) is 10.0 Å². The number of amides is 2. The third kappa shape index (κ3) is 8.04. The minimum absolute atomic E-state index is 0.123. The van der Waals surface area contributed by atoms with Gasteiger partial charge in [0.05, 0.1) is 5.02 Å². The monoisotopic (exact) mass is 604 g/mol. The second-order valence-corrected chi connectivity index (χ2v) is 12.6. The Hall–Kier alpha value is -2.13. The number of piperidine rings is 1. The summed E-state index contributed by atoms with van der Waals surface area (Å²) < 4.78 is 14.3. The first-order valence-corrected chi connectivity index (χ1v) is 16.0. The van der Waals surface area contributed by atoms with E-state index in [2.05, 4.69) is 32.3 Å². The third-order valence-corrected chi connectivity index (χ3v) is 9.52. The van der Waals surface area contributed by atoms with Crippen LogP contribution in [0.5, 0.6) is 0 Å². The summed E-state index contributed by atoms with van der Waals surface area (Å²) >= 11 is 12.6. The fraction of sp³-hybridized carbons (Fsp3) is 0.613. The van der Waals surface area contributed by atoms with Crippen LogP contribution in [0.1, 0.15) is 69.4 Å². The second-order valence-electron chi connectivity index (χ2n) is 11.8. The fourth-order valence-corrected chi connectivity index (χ4v) is 7.14. The Morgan fingerprint density at radius 1 is 1.05 bits per heavy atom. The molecular weight excluding hydrogens is 562 g/mol. The van der Waals surface area contributed by atoms with Gasteiger partial charge in [0, 0.05) is 67.6 Å². The van der Waals surface area contributed by atoms with Gasteiger partial charge in [-0.25, -0.2) is 14.2 Å². The lowest BCUT2D eigenvalue weighted by molar-refractivity contribution is 0.0607. The average molecular weight is 606 g/mol. The van der Waals surface area contributed by atoms with Crippen LogP contribution in [-0.4, -0.2) is 71.7 Å². The summed E-state index contributed by atoms with van der Waals surface area (Å²) in [7, 11) is 0. The molecule has 1 atom stereocenters. The maximum absolute atomic E-state index is 14.3. The van der Waals surface area contributed by atoms with Crippen molar-refractivity contribution in [3.05, 3.63) is 57.5 Å². The predicted molar refractivity (Wildman–Crippen MR) is 164 cm³/mol. The lowest BCUT2D eigenvalue weighted by atomic mass is 9.96. The number of piperazine rings is 1. The molecule has 5 rings (SSSR count). The molecule has 1 saturated carbocycles. The molecule has 2 N–H and O–H groups in total. The van der Waals surface area contributed by atoms with Crippen molar-refractivity contribution in [2.75, 3.05) is 37.6 Å². The normalized spacial score (nSPS) is 21.7. The Balaban J connectivity index is 1.10. The summed E-state index contributed by atoms with van der Waals surface area (Å²) in [6.07, 6.45) is 10.8. The molecule has 3 heterocycles. The number of halogens is 3. The molecule has 0 bridgehead atoms. The number of pyridine rings is 1. The number of carbonyl (C=O) groups excluding carboxylic acids is 1. The first-order valence-electron chi connectivity index (χ1n) is 15.3. The summed E-state index contributed by atoms with van der Waals surface area (Å²) in [5.41, 5.74) is 1.61. The van der Waals surface area contributed by atoms with E-state index in [9.17, 15) is 9.18 Å². The summed E-state index contributed by atoms with van der Waals surface area (Å²) in [5.74, 6) is 0.596. The van der Waals surface area contributed by atoms with Crippen molar-refractivity contribution in [3.63, 3.8) is 0 Å². The number of benzene rings is 1. The summed E-state index contributed by atoms with van der Waals surface area (Å²) in [6, 6.07) is 8.01. The van der Waals surface area contributed by atoms with Gasteiger partial charge in [0.1, 0.15) is 11.6 Å². The first-order chi connectivity index (χ1) is 19.9. The number of nitrogens with one attached hydrogen (secondary N) is 2. The van der Waals surface area contributed by atoms with Crippen molar-refractivity contribution in [1.29, 1.82) is 0 Å². The lowest BCUT2D eigenvalue weighted by Crippen LogP contribution is -2.58. The molecule has 2 aromatic rings. The zero-order valence-corrected chi connectivity index (χ0v) is 25.6. The Kier molecular flexibility index (Phi) is 10.6. The standard InChI is InChI=1S/C31H43Cl2FN6O/c1-2-26-21-39(30-28(33)16-22(18-35-30)19-36-31(41)37-25-6-4-3-5-7-25)14-15-40(26)27-10-12-38(13-11-27)20-23-8-9-24(32)17-29(23)34/h8-9,16-18,25-27H,2-7,10-15,19-21H2,1H3,(H2,36,37,41)/t26-/m0/s1. The number of aromatic nitrogens is 1. The predicted octanol–water partition coefficient (Wildman–Crippen LogP) is 6.22. The minimum Gasteiger partial charge on any atom is -0.353 e. The number of hydrogen-bond acceptors (Lipinski definition) is 5. The van der Waals surface area contributed by atoms with Gasteiger partial charge in [0.15, 0.2) is 0 Å². The number of urea groups is 1. The van der Waals surface area contributed by atoms with Gasteiger partial charge in [-0.05, 0) is 69.0 Å². The molecule has 224 valence electrons. The van der Waals surface area contributed by atoms with E-state index in [1.165, 1.54) is 25.3 Å². The van der Waals surface area contributed by atoms with Crippen LogP contribution >= 0.6 is 23.2 Å². The van der Waals surface area contributed by atoms with E-state index in [0.29, 0.717) is 40.8 Å². The highest BCUT2D eigenvalue weighted by molar-refractivity contribution is 6.33. The van der Waals surface area contributed by atoms with Gasteiger partial charge in [-0.1, -0.05) is 55.5 Å². The molecule has 2 aliphatic heterocycles. The van der Waals surface area contributed by atoms with Crippen LogP contribution in [-0.2, 0) is 13.1 Å². The molecule has 10 heteroatoms. The largest absolute Gasteiger partial charge is 0.353 e. The van der Waals surface area contributed by atoms with Crippen molar-refractivity contribution in [2.45, 2.75) is 89.5 Å². The molecule has 3 aliphatic rings. The fourth-order valence-electron chi connectivity index (χ4n) is 6.67. The summed E-state index contributed by atoms with van der Waals surface area (Å²) in [6.45, 7) is 7.94. The highest BCUT2D eigenvalue weighted by Gasteiger charge is 2.34. The van der Waals surface area contributed by atoms with E-state index in [4.69, 9.17) is 28.2 Å². The molecular formula is C31H43Cl2FN6O. The van der Waals surface area contributed by atoms with E-state index in [1.807, 2.05) is 12.3 Å². The summed E-state index contributed by atoms with van der Waals surface area (Å²) in [5, 5.41) is 7.11. The highest BCUT2D eigenvalue weighted by atomic mass is 35.5. The van der Waals surface area contributed by atoms with Crippen LogP contribution < -0.4 is 15.5 Å². The van der Waals surface area contributed by atoms with E-state index in [1.54, 1.807) is 12.1 Å². The van der Waals surface area contributed by atoms with Gasteiger partial charge >= 0.3 is 6.03 Å². The number of rotatable bonds is 8. The minimum atomic E-state index is -0.224. The van der Waals surface area contributed by atoms with Gasteiger partial charge in [-0.3, -0.25) is 9.80 Å². The molecule has 2 saturated heterocycles. The molecule has 1 aliphatic carbocycles. The van der Waals surface area contributed by atoms with Crippen LogP contribution in [0.4, 0.5) is 15.0 Å². The number of hydrogen-bond donors (Lipinski definition) is 2. The molecule has 0 unspecified atom stereocenters. The van der Waals surface area contributed by atoms with Crippen molar-refractivity contribution in [3.8, 4) is 0 Å². The average Bonchev–Trinajstić information content (AvgIpc) is 2.98. The van der Waals surface area contributed by atoms with E-state index >= 15 is 0 Å². The Labute approximate surface area is 253 Å². The van der Waals surface area contributed by atoms with Crippen molar-refractivity contribution in [1.82, 2.24) is 25.4 Å². The molecule has 1 aromatic heterocycles. The van der Waals surface area contributed by atoms with E-state index in [-0.39, 0.29) is 17.9 Å². The molecule has 1 aromatic carbocycles. The molecule has 2 amide bonds. The quantitative estimate of drug-likeness (QED) is 0.374. The number of carbonyl (C=O) groups is 1. The zero-order chi connectivity index (χ0) is 28.8. The molecule has 0 radical (unpaired) electrons. The van der Waals surface area contributed by atoms with Gasteiger partial charge in [0.25, 0.3) is 0 Å². The third-order valence-electron chi connectivity index (χ3n) is 9.01. The molecule has 0 spiro atoms. The second kappa shape index (κ2) is 14.4. The van der Waals surface area contributed by atoms with Gasteiger partial charge < -0.3 is 15.5 Å². The molecule has 3 fully saturated rings. The summed E-state index contributed by atoms with van der Waals surface area (Å²) in [4.78, 5) is 24.4. The highest BCUT2D eigenvalue weighted by Crippen LogP contribution is 2.30. The maximum atomic E-state index is 14.3. The van der Waals surface area contributed by atoms with Gasteiger partial charge in [-0.2, -0.15) is 0 Å². The maximum Gasteiger partial charge on any atom is 0.315 e. The Bertz CT molecular complexity index is 1170. The SMILES string of the molecule is CC[C@H]1CN(c2ncc(CNC(=O)NC3CCCCC3)cc2Cl)CCN1C1CCN(Cc2ccc(Cl)cc2F)CC1. The number of nitrogens with zero attached hydrogens (tertiary/aromatic N) is 4. The van der Waals surface area contributed by atoms with Crippen LogP contribution in [0.25, 0.3) is 0 Å². The van der Waals surface area contributed by atoms with Crippen molar-refractivity contribution in [2.24, 2.45) is 0 Å². The van der Waals surface area contributed by atoms with Crippen LogP contribution in [0, 0.1) is 5.82 Å². The van der Waals surface area contributed by atoms with Crippen LogP contribution in [0.15, 0.2) is 30.5 Å². The lowest BCUT2D eigenvalue weighted by Gasteiger charge is -2.47. The number of likely N-dealkylation sites (tertiary alicyclic amines) is 1. The van der Waals surface area contributed by atoms with E-state index in [0.717, 1.165) is 76.2 Å². The van der Waals surface area contributed by atoms with Gasteiger partial charge in [0.2, 0.25) is 0 Å². The smallest absolute Gasteiger partial charge is 0.315 e. The van der Waals surface area contributed by atoms with Crippen molar-refractivity contribution >= 4 is 35.1 Å². The van der Waals surface area contributed by atoms with Crippen LogP contribution in [0.3, 0.4) is 0 Å². The zero-order valence-electron chi connectivity index (χ0n) is 24.1. The Morgan fingerprint density at radius 3 is 2.54 bits per heavy atom.